The molecule has 0 N–H and O–H groups in total. The molecule has 1 fully saturated rings. The fourth-order valence-corrected chi connectivity index (χ4v) is 4.29. The van der Waals surface area contributed by atoms with Crippen molar-refractivity contribution in [2.45, 2.75) is 46.3 Å². The van der Waals surface area contributed by atoms with E-state index in [-0.39, 0.29) is 0 Å². The molecule has 22 heavy (non-hydrogen) atoms. The van der Waals surface area contributed by atoms with Crippen molar-refractivity contribution in [2.24, 2.45) is 0 Å². The van der Waals surface area contributed by atoms with E-state index < -0.39 is 0 Å². The van der Waals surface area contributed by atoms with Gasteiger partial charge in [0.25, 0.3) is 0 Å². The molecule has 2 bridgehead atoms. The minimum Gasteiger partial charge on any atom is -0.349 e. The number of fused-ring (bicyclic) bond motifs is 4. The van der Waals surface area contributed by atoms with Crippen LogP contribution < -0.4 is 9.80 Å². The quantitative estimate of drug-likeness (QED) is 0.777. The summed E-state index contributed by atoms with van der Waals surface area (Å²) in [6.07, 6.45) is 1.58. The molecule has 2 heteroatoms. The van der Waals surface area contributed by atoms with E-state index in [1.807, 2.05) is 0 Å². The van der Waals surface area contributed by atoms with Crippen LogP contribution in [0.4, 0.5) is 11.4 Å². The number of para-hydroxylation sites is 1. The summed E-state index contributed by atoms with van der Waals surface area (Å²) in [6.45, 7) is 10.2. The van der Waals surface area contributed by atoms with Gasteiger partial charge in [0, 0.05) is 17.9 Å². The van der Waals surface area contributed by atoms with E-state index >= 15 is 0 Å². The molecule has 0 spiro atoms. The first-order valence-corrected chi connectivity index (χ1v) is 8.27. The Morgan fingerprint density at radius 2 is 1.77 bits per heavy atom. The van der Waals surface area contributed by atoms with Crippen LogP contribution in [0, 0.1) is 20.8 Å². The molecule has 2 aliphatic rings. The van der Waals surface area contributed by atoms with Crippen LogP contribution >= 0.6 is 0 Å². The molecule has 114 valence electrons. The van der Waals surface area contributed by atoms with Crippen molar-refractivity contribution >= 4 is 11.4 Å². The van der Waals surface area contributed by atoms with Crippen LogP contribution in [0.3, 0.4) is 0 Å². The van der Waals surface area contributed by atoms with E-state index in [9.17, 15) is 0 Å². The van der Waals surface area contributed by atoms with Gasteiger partial charge >= 0.3 is 0 Å². The topological polar surface area (TPSA) is 6.48 Å². The summed E-state index contributed by atoms with van der Waals surface area (Å²) >= 11 is 0. The maximum Gasteiger partial charge on any atom is 0.0991 e. The van der Waals surface area contributed by atoms with Gasteiger partial charge in [-0.2, -0.15) is 0 Å². The third-order valence-corrected chi connectivity index (χ3v) is 5.47. The van der Waals surface area contributed by atoms with Crippen LogP contribution in [-0.4, -0.2) is 18.8 Å². The molecule has 2 unspecified atom stereocenters. The lowest BCUT2D eigenvalue weighted by atomic mass is 9.98. The first kappa shape index (κ1) is 13.7. The SMILES string of the molecule is Cc1cc(C)c(C)c(N2C3Cc4ccccc4N(C3)C2C)c1. The molecule has 0 amide bonds. The molecule has 0 aromatic heterocycles. The van der Waals surface area contributed by atoms with Gasteiger partial charge in [0.1, 0.15) is 0 Å². The highest BCUT2D eigenvalue weighted by atomic mass is 15.4. The summed E-state index contributed by atoms with van der Waals surface area (Å²) in [5.74, 6) is 0. The summed E-state index contributed by atoms with van der Waals surface area (Å²) in [7, 11) is 0. The highest BCUT2D eigenvalue weighted by molar-refractivity contribution is 5.67. The lowest BCUT2D eigenvalue weighted by molar-refractivity contribution is 0.663. The van der Waals surface area contributed by atoms with Crippen molar-refractivity contribution in [1.82, 2.24) is 0 Å². The van der Waals surface area contributed by atoms with Crippen molar-refractivity contribution in [2.75, 3.05) is 16.3 Å². The first-order chi connectivity index (χ1) is 10.6. The van der Waals surface area contributed by atoms with E-state index in [1.165, 1.54) is 33.6 Å². The molecular formula is C20H24N2. The summed E-state index contributed by atoms with van der Waals surface area (Å²) in [6, 6.07) is 14.1. The maximum atomic E-state index is 2.65. The summed E-state index contributed by atoms with van der Waals surface area (Å²) < 4.78 is 0. The van der Waals surface area contributed by atoms with Crippen LogP contribution in [0.2, 0.25) is 0 Å². The van der Waals surface area contributed by atoms with Crippen molar-refractivity contribution in [3.8, 4) is 0 Å². The predicted octanol–water partition coefficient (Wildman–Crippen LogP) is 4.21. The second kappa shape index (κ2) is 4.77. The second-order valence-electron chi connectivity index (χ2n) is 6.90. The number of benzene rings is 2. The molecule has 0 radical (unpaired) electrons. The van der Waals surface area contributed by atoms with Gasteiger partial charge < -0.3 is 9.80 Å². The fraction of sp³-hybridized carbons (Fsp3) is 0.400. The third kappa shape index (κ3) is 1.86. The van der Waals surface area contributed by atoms with E-state index in [4.69, 9.17) is 0 Å². The number of hydrogen-bond acceptors (Lipinski definition) is 2. The van der Waals surface area contributed by atoms with E-state index in [2.05, 4.69) is 73.9 Å². The molecule has 2 aromatic rings. The monoisotopic (exact) mass is 292 g/mol. The lowest BCUT2D eigenvalue weighted by Gasteiger charge is -2.31. The lowest BCUT2D eigenvalue weighted by Crippen LogP contribution is -2.38. The zero-order chi connectivity index (χ0) is 15.4. The number of rotatable bonds is 1. The third-order valence-electron chi connectivity index (χ3n) is 5.47. The Labute approximate surface area is 133 Å². The molecule has 2 heterocycles. The van der Waals surface area contributed by atoms with Crippen molar-refractivity contribution in [3.63, 3.8) is 0 Å². The Bertz CT molecular complexity index is 732. The van der Waals surface area contributed by atoms with Gasteiger partial charge in [0.15, 0.2) is 0 Å². The van der Waals surface area contributed by atoms with Crippen LogP contribution in [0.25, 0.3) is 0 Å². The molecule has 4 rings (SSSR count). The highest BCUT2D eigenvalue weighted by Crippen LogP contribution is 2.41. The number of hydrogen-bond donors (Lipinski definition) is 0. The zero-order valence-electron chi connectivity index (χ0n) is 13.9. The van der Waals surface area contributed by atoms with Crippen LogP contribution in [0.15, 0.2) is 36.4 Å². The standard InChI is InChI=1S/C20H24N2/c1-13-9-14(2)15(3)20(10-13)22-16(4)21-12-18(22)11-17-7-5-6-8-19(17)21/h5-10,16,18H,11-12H2,1-4H3. The number of anilines is 2. The average molecular weight is 292 g/mol. The van der Waals surface area contributed by atoms with Gasteiger partial charge in [0.2, 0.25) is 0 Å². The zero-order valence-corrected chi connectivity index (χ0v) is 13.9. The molecule has 2 nitrogen and oxygen atoms in total. The Morgan fingerprint density at radius 3 is 2.59 bits per heavy atom. The molecule has 0 saturated carbocycles. The summed E-state index contributed by atoms with van der Waals surface area (Å²) in [4.78, 5) is 5.22. The van der Waals surface area contributed by atoms with Crippen LogP contribution in [-0.2, 0) is 6.42 Å². The minimum atomic E-state index is 0.425. The van der Waals surface area contributed by atoms with Crippen molar-refractivity contribution in [3.05, 3.63) is 58.7 Å². The Kier molecular flexibility index (Phi) is 2.97. The van der Waals surface area contributed by atoms with Gasteiger partial charge in [-0.15, -0.1) is 0 Å². The predicted molar refractivity (Wildman–Crippen MR) is 93.9 cm³/mol. The van der Waals surface area contributed by atoms with Gasteiger partial charge in [0.05, 0.1) is 12.2 Å². The second-order valence-corrected chi connectivity index (χ2v) is 6.90. The molecule has 0 aliphatic carbocycles. The Morgan fingerprint density at radius 1 is 1.00 bits per heavy atom. The number of aryl methyl sites for hydroxylation is 2. The minimum absolute atomic E-state index is 0.425. The maximum absolute atomic E-state index is 2.65. The Balaban J connectivity index is 1.81. The average Bonchev–Trinajstić information content (AvgIpc) is 2.75. The van der Waals surface area contributed by atoms with E-state index in [0.29, 0.717) is 12.2 Å². The normalized spacial score (nSPS) is 22.9. The molecule has 1 saturated heterocycles. The summed E-state index contributed by atoms with van der Waals surface area (Å²) in [5.41, 5.74) is 8.53. The van der Waals surface area contributed by atoms with Crippen LogP contribution in [0.1, 0.15) is 29.2 Å². The number of nitrogens with zero attached hydrogens (tertiary/aromatic N) is 2. The van der Waals surface area contributed by atoms with Gasteiger partial charge in [-0.25, -0.2) is 0 Å². The van der Waals surface area contributed by atoms with Gasteiger partial charge in [-0.3, -0.25) is 0 Å². The fourth-order valence-electron chi connectivity index (χ4n) is 4.29. The highest BCUT2D eigenvalue weighted by Gasteiger charge is 2.41. The molecule has 2 aliphatic heterocycles. The largest absolute Gasteiger partial charge is 0.349 e. The Hall–Kier alpha value is -1.96. The molecule has 2 atom stereocenters. The van der Waals surface area contributed by atoms with E-state index in [1.54, 1.807) is 0 Å². The van der Waals surface area contributed by atoms with Crippen molar-refractivity contribution in [1.29, 1.82) is 0 Å². The smallest absolute Gasteiger partial charge is 0.0991 e. The van der Waals surface area contributed by atoms with Crippen molar-refractivity contribution < 1.29 is 0 Å². The van der Waals surface area contributed by atoms with Gasteiger partial charge in [-0.1, -0.05) is 24.3 Å². The first-order valence-electron chi connectivity index (χ1n) is 8.27. The van der Waals surface area contributed by atoms with E-state index in [0.717, 1.165) is 13.0 Å². The summed E-state index contributed by atoms with van der Waals surface area (Å²) in [5, 5.41) is 0. The molecule has 2 aromatic carbocycles. The van der Waals surface area contributed by atoms with Crippen LogP contribution in [0.5, 0.6) is 0 Å². The van der Waals surface area contributed by atoms with Gasteiger partial charge in [-0.05, 0) is 68.5 Å². The molecular weight excluding hydrogens is 268 g/mol.